The normalized spacial score (nSPS) is 20.1. The topological polar surface area (TPSA) is 50.7 Å². The van der Waals surface area contributed by atoms with E-state index in [1.807, 2.05) is 6.07 Å². The van der Waals surface area contributed by atoms with Crippen LogP contribution in [-0.4, -0.2) is 21.0 Å². The van der Waals surface area contributed by atoms with E-state index in [9.17, 15) is 8.78 Å². The Kier molecular flexibility index (Phi) is 2.96. The summed E-state index contributed by atoms with van der Waals surface area (Å²) in [4.78, 5) is 12.5. The van der Waals surface area contributed by atoms with Crippen molar-refractivity contribution in [3.63, 3.8) is 0 Å². The molecule has 2 aromatic heterocycles. The molecule has 1 aliphatic carbocycles. The van der Waals surface area contributed by atoms with Crippen LogP contribution < -0.4 is 5.32 Å². The molecule has 1 saturated carbocycles. The van der Waals surface area contributed by atoms with Gasteiger partial charge in [0.25, 0.3) is 0 Å². The second kappa shape index (κ2) is 4.98. The van der Waals surface area contributed by atoms with Crippen LogP contribution >= 0.6 is 0 Å². The summed E-state index contributed by atoms with van der Waals surface area (Å²) in [5.74, 6) is -0.714. The molecule has 0 unspecified atom stereocenters. The minimum atomic E-state index is -0.816. The largest absolute Gasteiger partial charge is 0.366 e. The molecule has 1 N–H and O–H groups in total. The molecule has 0 saturated heterocycles. The van der Waals surface area contributed by atoms with Crippen molar-refractivity contribution in [2.45, 2.75) is 18.4 Å². The summed E-state index contributed by atoms with van der Waals surface area (Å²) in [5.41, 5.74) is 1.57. The van der Waals surface area contributed by atoms with Gasteiger partial charge in [0.2, 0.25) is 0 Å². The van der Waals surface area contributed by atoms with Gasteiger partial charge in [-0.3, -0.25) is 4.98 Å². The maximum absolute atomic E-state index is 13.3. The molecule has 1 fully saturated rings. The van der Waals surface area contributed by atoms with E-state index in [0.717, 1.165) is 28.7 Å². The molecule has 0 bridgehead atoms. The predicted octanol–water partition coefficient (Wildman–Crippen LogP) is 3.27. The number of hydrogen-bond donors (Lipinski definition) is 1. The van der Waals surface area contributed by atoms with Crippen LogP contribution in [0.4, 0.5) is 14.6 Å². The molecule has 1 aliphatic rings. The summed E-state index contributed by atoms with van der Waals surface area (Å²) in [7, 11) is 0. The number of nitrogens with zero attached hydrogens (tertiary/aromatic N) is 3. The third-order valence-electron chi connectivity index (χ3n) is 3.92. The summed E-state index contributed by atoms with van der Waals surface area (Å²) in [5, 5.41) is 4.24. The quantitative estimate of drug-likeness (QED) is 0.806. The zero-order valence-electron chi connectivity index (χ0n) is 11.5. The first kappa shape index (κ1) is 13.1. The highest BCUT2D eigenvalue weighted by Crippen LogP contribution is 2.43. The van der Waals surface area contributed by atoms with Crippen molar-refractivity contribution in [1.82, 2.24) is 15.0 Å². The fraction of sp³-hybridized carbons (Fsp3) is 0.188. The second-order valence-electron chi connectivity index (χ2n) is 5.38. The molecule has 2 heterocycles. The maximum Gasteiger partial charge on any atom is 0.159 e. The first-order chi connectivity index (χ1) is 10.7. The summed E-state index contributed by atoms with van der Waals surface area (Å²) >= 11 is 0. The van der Waals surface area contributed by atoms with Crippen LogP contribution in [0.5, 0.6) is 0 Å². The SMILES string of the molecule is Fc1ccc([C@H]2C[C@@H]2Nc2ncnc3cnccc23)cc1F. The van der Waals surface area contributed by atoms with Gasteiger partial charge in [-0.1, -0.05) is 6.07 Å². The van der Waals surface area contributed by atoms with Gasteiger partial charge in [-0.15, -0.1) is 0 Å². The lowest BCUT2D eigenvalue weighted by Gasteiger charge is -2.08. The van der Waals surface area contributed by atoms with Crippen LogP contribution in [0.3, 0.4) is 0 Å². The standard InChI is InChI=1S/C16H12F2N4/c17-12-2-1-9(5-13(12)18)11-6-14(11)22-16-10-3-4-19-7-15(10)20-8-21-16/h1-5,7-8,11,14H,6H2,(H,20,21,22)/t11-,14+/m1/s1. The maximum atomic E-state index is 13.3. The Bertz CT molecular complexity index is 847. The van der Waals surface area contributed by atoms with E-state index in [4.69, 9.17) is 0 Å². The highest BCUT2D eigenvalue weighted by atomic mass is 19.2. The molecule has 6 heteroatoms. The molecule has 2 atom stereocenters. The van der Waals surface area contributed by atoms with Gasteiger partial charge in [0.05, 0.1) is 11.7 Å². The summed E-state index contributed by atoms with van der Waals surface area (Å²) in [6, 6.07) is 6.09. The van der Waals surface area contributed by atoms with Crippen LogP contribution in [0.25, 0.3) is 10.9 Å². The molecule has 1 aromatic carbocycles. The van der Waals surface area contributed by atoms with Crippen LogP contribution in [0.2, 0.25) is 0 Å². The van der Waals surface area contributed by atoms with Crippen LogP contribution in [0.15, 0.2) is 43.0 Å². The van der Waals surface area contributed by atoms with Crippen molar-refractivity contribution < 1.29 is 8.78 Å². The second-order valence-corrected chi connectivity index (χ2v) is 5.38. The van der Waals surface area contributed by atoms with Gasteiger partial charge < -0.3 is 5.32 Å². The average molecular weight is 298 g/mol. The van der Waals surface area contributed by atoms with Crippen molar-refractivity contribution in [3.05, 3.63) is 60.2 Å². The fourth-order valence-corrected chi connectivity index (χ4v) is 2.66. The van der Waals surface area contributed by atoms with Crippen molar-refractivity contribution in [3.8, 4) is 0 Å². The minimum absolute atomic E-state index is 0.163. The van der Waals surface area contributed by atoms with E-state index in [1.165, 1.54) is 18.5 Å². The van der Waals surface area contributed by atoms with Gasteiger partial charge in [-0.2, -0.15) is 0 Å². The van der Waals surface area contributed by atoms with Crippen LogP contribution in [-0.2, 0) is 0 Å². The smallest absolute Gasteiger partial charge is 0.159 e. The predicted molar refractivity (Wildman–Crippen MR) is 78.5 cm³/mol. The van der Waals surface area contributed by atoms with Crippen LogP contribution in [0, 0.1) is 11.6 Å². The number of pyridine rings is 1. The number of anilines is 1. The molecule has 4 nitrogen and oxygen atoms in total. The Morgan fingerprint density at radius 1 is 1.09 bits per heavy atom. The molecule has 0 amide bonds. The Labute approximate surface area is 125 Å². The van der Waals surface area contributed by atoms with E-state index < -0.39 is 11.6 Å². The fourth-order valence-electron chi connectivity index (χ4n) is 2.66. The zero-order chi connectivity index (χ0) is 15.1. The molecule has 110 valence electrons. The van der Waals surface area contributed by atoms with Crippen molar-refractivity contribution in [1.29, 1.82) is 0 Å². The van der Waals surface area contributed by atoms with Gasteiger partial charge in [-0.25, -0.2) is 18.7 Å². The van der Waals surface area contributed by atoms with Crippen LogP contribution in [0.1, 0.15) is 17.9 Å². The number of aromatic nitrogens is 3. The number of benzene rings is 1. The molecular formula is C16H12F2N4. The van der Waals surface area contributed by atoms with E-state index >= 15 is 0 Å². The van der Waals surface area contributed by atoms with E-state index in [-0.39, 0.29) is 12.0 Å². The molecule has 22 heavy (non-hydrogen) atoms. The third-order valence-corrected chi connectivity index (χ3v) is 3.92. The minimum Gasteiger partial charge on any atom is -0.366 e. The first-order valence-electron chi connectivity index (χ1n) is 6.98. The lowest BCUT2D eigenvalue weighted by Crippen LogP contribution is -2.07. The third kappa shape index (κ3) is 2.26. The number of hydrogen-bond acceptors (Lipinski definition) is 4. The first-order valence-corrected chi connectivity index (χ1v) is 6.98. The molecule has 0 aliphatic heterocycles. The van der Waals surface area contributed by atoms with E-state index in [0.29, 0.717) is 0 Å². The summed E-state index contributed by atoms with van der Waals surface area (Å²) < 4.78 is 26.3. The number of nitrogens with one attached hydrogen (secondary N) is 1. The zero-order valence-corrected chi connectivity index (χ0v) is 11.5. The highest BCUT2D eigenvalue weighted by Gasteiger charge is 2.39. The number of rotatable bonds is 3. The van der Waals surface area contributed by atoms with Crippen molar-refractivity contribution in [2.75, 3.05) is 5.32 Å². The Hall–Kier alpha value is -2.63. The van der Waals surface area contributed by atoms with E-state index in [2.05, 4.69) is 20.3 Å². The van der Waals surface area contributed by atoms with Crippen molar-refractivity contribution >= 4 is 16.7 Å². The highest BCUT2D eigenvalue weighted by molar-refractivity contribution is 5.88. The van der Waals surface area contributed by atoms with Gasteiger partial charge in [0.1, 0.15) is 12.1 Å². The van der Waals surface area contributed by atoms with Crippen molar-refractivity contribution in [2.24, 2.45) is 0 Å². The Balaban J connectivity index is 1.56. The van der Waals surface area contributed by atoms with E-state index in [1.54, 1.807) is 18.5 Å². The average Bonchev–Trinajstić information content (AvgIpc) is 3.30. The van der Waals surface area contributed by atoms with Gasteiger partial charge in [0, 0.05) is 23.5 Å². The van der Waals surface area contributed by atoms with Gasteiger partial charge in [-0.05, 0) is 30.2 Å². The Morgan fingerprint density at radius 2 is 2.00 bits per heavy atom. The molecule has 0 radical (unpaired) electrons. The number of halogens is 2. The van der Waals surface area contributed by atoms with Gasteiger partial charge >= 0.3 is 0 Å². The molecular weight excluding hydrogens is 286 g/mol. The van der Waals surface area contributed by atoms with Gasteiger partial charge in [0.15, 0.2) is 11.6 Å². The lowest BCUT2D eigenvalue weighted by molar-refractivity contribution is 0.507. The monoisotopic (exact) mass is 298 g/mol. The molecule has 0 spiro atoms. The number of fused-ring (bicyclic) bond motifs is 1. The molecule has 4 rings (SSSR count). The summed E-state index contributed by atoms with van der Waals surface area (Å²) in [6.45, 7) is 0. The lowest BCUT2D eigenvalue weighted by atomic mass is 10.1. The molecule has 3 aromatic rings. The Morgan fingerprint density at radius 3 is 2.86 bits per heavy atom. The summed E-state index contributed by atoms with van der Waals surface area (Å²) in [6.07, 6.45) is 5.72.